The molecule has 30 heavy (non-hydrogen) atoms. The number of aryl methyl sites for hydroxylation is 2. The molecule has 0 bridgehead atoms. The number of hydrogen-bond donors (Lipinski definition) is 0. The number of hydrogen-bond acceptors (Lipinski definition) is 0. The fourth-order valence-electron chi connectivity index (χ4n) is 3.32. The molecule has 4 heteroatoms. The van der Waals surface area contributed by atoms with E-state index in [0.717, 1.165) is 0 Å². The van der Waals surface area contributed by atoms with Crippen molar-refractivity contribution in [1.29, 1.82) is 0 Å². The first kappa shape index (κ1) is 31.4. The Morgan fingerprint density at radius 3 is 1.03 bits per heavy atom. The van der Waals surface area contributed by atoms with Gasteiger partial charge in [-0.05, 0) is 12.8 Å². The summed E-state index contributed by atoms with van der Waals surface area (Å²) in [5.74, 6) is 0. The van der Waals surface area contributed by atoms with Gasteiger partial charge in [-0.25, -0.2) is 9.13 Å². The molecule has 0 fully saturated rings. The first-order valence-electron chi connectivity index (χ1n) is 11.7. The standard InChI is InChI=1S/2C13H22N.2BrH/c2*1-2-3-4-5-6-8-11-14-12-9-7-10-13-14;;/h2*7,9-10,12-13H,2-6,8,11H2,1H3;2*1H/q2*+1;;/p-2. The molecular weight excluding hydrogens is 500 g/mol. The molecule has 0 unspecified atom stereocenters. The number of halogens is 2. The Hall–Kier alpha value is -0.740. The van der Waals surface area contributed by atoms with Crippen LogP contribution in [0, 0.1) is 0 Å². The highest BCUT2D eigenvalue weighted by molar-refractivity contribution is 4.84. The van der Waals surface area contributed by atoms with Gasteiger partial charge < -0.3 is 34.0 Å². The third kappa shape index (κ3) is 19.2. The predicted molar refractivity (Wildman–Crippen MR) is 120 cm³/mol. The highest BCUT2D eigenvalue weighted by atomic mass is 79.9. The fourth-order valence-corrected chi connectivity index (χ4v) is 3.32. The van der Waals surface area contributed by atoms with Gasteiger partial charge in [-0.1, -0.05) is 77.3 Å². The molecule has 2 rings (SSSR count). The van der Waals surface area contributed by atoms with Crippen molar-refractivity contribution in [3.8, 4) is 0 Å². The molecule has 0 atom stereocenters. The van der Waals surface area contributed by atoms with E-state index >= 15 is 0 Å². The van der Waals surface area contributed by atoms with Crippen LogP contribution in [0.1, 0.15) is 90.9 Å². The van der Waals surface area contributed by atoms with E-state index in [9.17, 15) is 0 Å². The van der Waals surface area contributed by atoms with Crippen molar-refractivity contribution in [2.24, 2.45) is 0 Å². The average molecular weight is 544 g/mol. The highest BCUT2D eigenvalue weighted by Crippen LogP contribution is 2.05. The summed E-state index contributed by atoms with van der Waals surface area (Å²) in [7, 11) is 0. The van der Waals surface area contributed by atoms with E-state index in [2.05, 4.69) is 84.2 Å². The molecule has 2 nitrogen and oxygen atoms in total. The Bertz CT molecular complexity index is 498. The number of pyridine rings is 2. The molecule has 0 aliphatic heterocycles. The summed E-state index contributed by atoms with van der Waals surface area (Å²) in [6.07, 6.45) is 25.1. The second-order valence-corrected chi connectivity index (χ2v) is 7.76. The molecule has 0 aliphatic rings. The van der Waals surface area contributed by atoms with Gasteiger partial charge >= 0.3 is 0 Å². The first-order valence-corrected chi connectivity index (χ1v) is 11.7. The van der Waals surface area contributed by atoms with Crippen LogP contribution >= 0.6 is 0 Å². The number of unbranched alkanes of at least 4 members (excludes halogenated alkanes) is 10. The molecular formula is C26H44Br2N2. The summed E-state index contributed by atoms with van der Waals surface area (Å²) >= 11 is 0. The van der Waals surface area contributed by atoms with Crippen molar-refractivity contribution in [3.05, 3.63) is 61.2 Å². The van der Waals surface area contributed by atoms with Crippen LogP contribution in [0.5, 0.6) is 0 Å². The summed E-state index contributed by atoms with van der Waals surface area (Å²) in [5, 5.41) is 0. The molecule has 0 N–H and O–H groups in total. The number of aromatic nitrogens is 2. The van der Waals surface area contributed by atoms with E-state index in [1.54, 1.807) is 0 Å². The lowest BCUT2D eigenvalue weighted by Crippen LogP contribution is -3.00. The number of rotatable bonds is 14. The molecule has 0 amide bonds. The van der Waals surface area contributed by atoms with Gasteiger partial charge in [0, 0.05) is 37.1 Å². The van der Waals surface area contributed by atoms with E-state index in [4.69, 9.17) is 0 Å². The SMILES string of the molecule is CCCCCCCC[n+]1ccccc1.CCCCCCCC[n+]1ccccc1.[Br-].[Br-]. The van der Waals surface area contributed by atoms with Crippen LogP contribution in [0.15, 0.2) is 61.2 Å². The van der Waals surface area contributed by atoms with Gasteiger partial charge in [0.1, 0.15) is 13.1 Å². The summed E-state index contributed by atoms with van der Waals surface area (Å²) < 4.78 is 4.53. The van der Waals surface area contributed by atoms with E-state index in [0.29, 0.717) is 0 Å². The average Bonchev–Trinajstić information content (AvgIpc) is 2.75. The van der Waals surface area contributed by atoms with Gasteiger partial charge in [-0.15, -0.1) is 0 Å². The maximum atomic E-state index is 2.26. The Kier molecular flexibility index (Phi) is 25.7. The predicted octanol–water partition coefficient (Wildman–Crippen LogP) is 0.677. The van der Waals surface area contributed by atoms with Gasteiger partial charge in [-0.2, -0.15) is 0 Å². The molecule has 2 heterocycles. The number of nitrogens with zero attached hydrogens (tertiary/aromatic N) is 2. The van der Waals surface area contributed by atoms with E-state index in [1.165, 1.54) is 90.1 Å². The lowest BCUT2D eigenvalue weighted by Gasteiger charge is -1.98. The van der Waals surface area contributed by atoms with Crippen LogP contribution in [0.2, 0.25) is 0 Å². The van der Waals surface area contributed by atoms with E-state index < -0.39 is 0 Å². The van der Waals surface area contributed by atoms with Crippen molar-refractivity contribution in [2.45, 2.75) is 104 Å². The minimum absolute atomic E-state index is 0. The Balaban J connectivity index is 0. The lowest BCUT2D eigenvalue weighted by atomic mass is 10.1. The van der Waals surface area contributed by atoms with E-state index in [1.807, 2.05) is 0 Å². The van der Waals surface area contributed by atoms with Crippen molar-refractivity contribution in [3.63, 3.8) is 0 Å². The van der Waals surface area contributed by atoms with Crippen LogP contribution in [-0.2, 0) is 13.1 Å². The molecule has 0 aliphatic carbocycles. The molecule has 0 saturated carbocycles. The quantitative estimate of drug-likeness (QED) is 0.244. The van der Waals surface area contributed by atoms with Crippen molar-refractivity contribution < 1.29 is 43.1 Å². The van der Waals surface area contributed by atoms with Crippen LogP contribution in [-0.4, -0.2) is 0 Å². The largest absolute Gasteiger partial charge is 1.00 e. The maximum absolute atomic E-state index is 2.26. The second kappa shape index (κ2) is 24.5. The van der Waals surface area contributed by atoms with Gasteiger partial charge in [0.05, 0.1) is 0 Å². The summed E-state index contributed by atoms with van der Waals surface area (Å²) in [4.78, 5) is 0. The third-order valence-corrected chi connectivity index (χ3v) is 5.09. The lowest BCUT2D eigenvalue weighted by molar-refractivity contribution is -0.697. The smallest absolute Gasteiger partial charge is 0.168 e. The molecule has 0 aromatic carbocycles. The monoisotopic (exact) mass is 542 g/mol. The van der Waals surface area contributed by atoms with Crippen LogP contribution in [0.4, 0.5) is 0 Å². The summed E-state index contributed by atoms with van der Waals surface area (Å²) in [6, 6.07) is 12.5. The van der Waals surface area contributed by atoms with Crippen LogP contribution in [0.25, 0.3) is 0 Å². The van der Waals surface area contributed by atoms with Crippen molar-refractivity contribution >= 4 is 0 Å². The fraction of sp³-hybridized carbons (Fsp3) is 0.615. The minimum atomic E-state index is 0. The highest BCUT2D eigenvalue weighted by Gasteiger charge is 1.98. The third-order valence-electron chi connectivity index (χ3n) is 5.09. The summed E-state index contributed by atoms with van der Waals surface area (Å²) in [6.45, 7) is 6.87. The van der Waals surface area contributed by atoms with Gasteiger partial charge in [0.15, 0.2) is 24.8 Å². The molecule has 0 saturated heterocycles. The van der Waals surface area contributed by atoms with E-state index in [-0.39, 0.29) is 34.0 Å². The van der Waals surface area contributed by atoms with Crippen molar-refractivity contribution in [2.75, 3.05) is 0 Å². The zero-order valence-corrected chi connectivity index (χ0v) is 22.5. The normalized spacial score (nSPS) is 9.67. The molecule has 2 aromatic rings. The van der Waals surface area contributed by atoms with Gasteiger partial charge in [0.2, 0.25) is 0 Å². The zero-order chi connectivity index (χ0) is 20.1. The Morgan fingerprint density at radius 1 is 0.400 bits per heavy atom. The maximum Gasteiger partial charge on any atom is 0.168 e. The molecule has 0 spiro atoms. The topological polar surface area (TPSA) is 7.76 Å². The second-order valence-electron chi connectivity index (χ2n) is 7.76. The molecule has 2 aromatic heterocycles. The Labute approximate surface area is 207 Å². The van der Waals surface area contributed by atoms with Crippen molar-refractivity contribution in [1.82, 2.24) is 0 Å². The zero-order valence-electron chi connectivity index (χ0n) is 19.3. The van der Waals surface area contributed by atoms with Crippen LogP contribution < -0.4 is 43.1 Å². The molecule has 172 valence electrons. The minimum Gasteiger partial charge on any atom is -1.00 e. The first-order chi connectivity index (χ1) is 13.9. The summed E-state index contributed by atoms with van der Waals surface area (Å²) in [5.41, 5.74) is 0. The van der Waals surface area contributed by atoms with Gasteiger partial charge in [-0.3, -0.25) is 0 Å². The van der Waals surface area contributed by atoms with Crippen LogP contribution in [0.3, 0.4) is 0 Å². The van der Waals surface area contributed by atoms with Gasteiger partial charge in [0.25, 0.3) is 0 Å². The molecule has 0 radical (unpaired) electrons. The Morgan fingerprint density at radius 2 is 0.700 bits per heavy atom.